The number of pyridine rings is 1. The fourth-order valence-corrected chi connectivity index (χ4v) is 1.26. The summed E-state index contributed by atoms with van der Waals surface area (Å²) in [5.41, 5.74) is 2.49. The van der Waals surface area contributed by atoms with Gasteiger partial charge in [0.05, 0.1) is 12.0 Å². The van der Waals surface area contributed by atoms with Crippen LogP contribution in [-0.4, -0.2) is 18.6 Å². The van der Waals surface area contributed by atoms with Crippen molar-refractivity contribution in [1.29, 1.82) is 5.26 Å². The van der Waals surface area contributed by atoms with Crippen LogP contribution >= 0.6 is 0 Å². The summed E-state index contributed by atoms with van der Waals surface area (Å²) in [6.45, 7) is 2.53. The van der Waals surface area contributed by atoms with Crippen LogP contribution in [0.15, 0.2) is 18.2 Å². The Morgan fingerprint density at radius 1 is 1.67 bits per heavy atom. The van der Waals surface area contributed by atoms with E-state index in [2.05, 4.69) is 16.5 Å². The van der Waals surface area contributed by atoms with Crippen molar-refractivity contribution in [3.63, 3.8) is 0 Å². The number of nitrogens with zero attached hydrogens (tertiary/aromatic N) is 3. The van der Waals surface area contributed by atoms with Crippen LogP contribution in [0.5, 0.6) is 0 Å². The Kier molecular flexibility index (Phi) is 3.89. The highest BCUT2D eigenvalue weighted by Crippen LogP contribution is 2.13. The van der Waals surface area contributed by atoms with Gasteiger partial charge in [-0.3, -0.25) is 0 Å². The summed E-state index contributed by atoms with van der Waals surface area (Å²) in [5.74, 6) is 6.65. The van der Waals surface area contributed by atoms with E-state index in [1.807, 2.05) is 31.0 Å². The second kappa shape index (κ2) is 5.17. The van der Waals surface area contributed by atoms with Crippen molar-refractivity contribution in [3.05, 3.63) is 18.2 Å². The van der Waals surface area contributed by atoms with Crippen molar-refractivity contribution < 1.29 is 0 Å². The molecule has 0 spiro atoms. The van der Waals surface area contributed by atoms with Crippen molar-refractivity contribution in [3.8, 4) is 6.07 Å². The van der Waals surface area contributed by atoms with Gasteiger partial charge >= 0.3 is 0 Å². The number of rotatable bonds is 4. The molecule has 0 aliphatic rings. The second-order valence-corrected chi connectivity index (χ2v) is 3.44. The maximum atomic E-state index is 8.70. The number of hydrazine groups is 1. The van der Waals surface area contributed by atoms with Crippen LogP contribution in [0, 0.1) is 17.2 Å². The molecule has 1 rings (SSSR count). The third kappa shape index (κ3) is 3.11. The van der Waals surface area contributed by atoms with E-state index in [0.29, 0.717) is 12.4 Å². The lowest BCUT2D eigenvalue weighted by Crippen LogP contribution is -2.24. The summed E-state index contributed by atoms with van der Waals surface area (Å²) in [5, 5.41) is 8.70. The summed E-state index contributed by atoms with van der Waals surface area (Å²) >= 11 is 0. The highest BCUT2D eigenvalue weighted by Gasteiger charge is 2.07. The molecular weight excluding hydrogens is 190 g/mol. The Morgan fingerprint density at radius 3 is 3.00 bits per heavy atom. The molecular formula is C10H15N5. The Balaban J connectivity index is 2.73. The first-order valence-corrected chi connectivity index (χ1v) is 4.71. The zero-order valence-electron chi connectivity index (χ0n) is 8.94. The third-order valence-corrected chi connectivity index (χ3v) is 2.04. The van der Waals surface area contributed by atoms with Crippen molar-refractivity contribution in [2.75, 3.05) is 23.9 Å². The standard InChI is InChI=1S/C10H15N5/c1-8(6-11)7-15(2)10-5-3-4-9(13-10)14-12/h3-5,8H,7,12H2,1-2H3,(H,13,14). The molecule has 0 radical (unpaired) electrons. The summed E-state index contributed by atoms with van der Waals surface area (Å²) < 4.78 is 0. The molecule has 1 atom stereocenters. The van der Waals surface area contributed by atoms with E-state index in [4.69, 9.17) is 11.1 Å². The molecule has 0 fully saturated rings. The van der Waals surface area contributed by atoms with E-state index >= 15 is 0 Å². The summed E-state index contributed by atoms with van der Waals surface area (Å²) in [6.07, 6.45) is 0. The Morgan fingerprint density at radius 2 is 2.40 bits per heavy atom. The van der Waals surface area contributed by atoms with Crippen molar-refractivity contribution >= 4 is 11.6 Å². The number of nitrogen functional groups attached to an aromatic ring is 1. The van der Waals surface area contributed by atoms with E-state index in [-0.39, 0.29) is 5.92 Å². The minimum Gasteiger partial charge on any atom is -0.358 e. The molecule has 0 aliphatic heterocycles. The molecule has 5 heteroatoms. The van der Waals surface area contributed by atoms with Gasteiger partial charge in [0, 0.05) is 13.6 Å². The van der Waals surface area contributed by atoms with Gasteiger partial charge in [0.1, 0.15) is 11.6 Å². The molecule has 1 aromatic rings. The lowest BCUT2D eigenvalue weighted by Gasteiger charge is -2.19. The fourth-order valence-electron chi connectivity index (χ4n) is 1.26. The first-order valence-electron chi connectivity index (χ1n) is 4.71. The molecule has 15 heavy (non-hydrogen) atoms. The van der Waals surface area contributed by atoms with Gasteiger partial charge in [-0.2, -0.15) is 5.26 Å². The fraction of sp³-hybridized carbons (Fsp3) is 0.400. The van der Waals surface area contributed by atoms with Crippen LogP contribution in [0.3, 0.4) is 0 Å². The quantitative estimate of drug-likeness (QED) is 0.565. The predicted octanol–water partition coefficient (Wildman–Crippen LogP) is 0.963. The van der Waals surface area contributed by atoms with Crippen LogP contribution in [0.4, 0.5) is 11.6 Å². The van der Waals surface area contributed by atoms with Crippen LogP contribution in [0.1, 0.15) is 6.92 Å². The summed E-state index contributed by atoms with van der Waals surface area (Å²) in [7, 11) is 1.90. The molecule has 80 valence electrons. The van der Waals surface area contributed by atoms with Gasteiger partial charge in [-0.15, -0.1) is 0 Å². The smallest absolute Gasteiger partial charge is 0.142 e. The zero-order chi connectivity index (χ0) is 11.3. The topological polar surface area (TPSA) is 78.0 Å². The van der Waals surface area contributed by atoms with Crippen molar-refractivity contribution in [1.82, 2.24) is 4.98 Å². The van der Waals surface area contributed by atoms with Gasteiger partial charge in [0.15, 0.2) is 0 Å². The number of aromatic nitrogens is 1. The van der Waals surface area contributed by atoms with E-state index in [9.17, 15) is 0 Å². The van der Waals surface area contributed by atoms with Gasteiger partial charge in [0.25, 0.3) is 0 Å². The maximum Gasteiger partial charge on any atom is 0.142 e. The average Bonchev–Trinajstić information content (AvgIpc) is 2.28. The molecule has 0 saturated heterocycles. The predicted molar refractivity (Wildman–Crippen MR) is 60.1 cm³/mol. The van der Waals surface area contributed by atoms with Crippen LogP contribution in [-0.2, 0) is 0 Å². The van der Waals surface area contributed by atoms with Crippen LogP contribution < -0.4 is 16.2 Å². The molecule has 0 saturated carbocycles. The van der Waals surface area contributed by atoms with Crippen LogP contribution in [0.25, 0.3) is 0 Å². The molecule has 1 unspecified atom stereocenters. The summed E-state index contributed by atoms with van der Waals surface area (Å²) in [4.78, 5) is 6.18. The lowest BCUT2D eigenvalue weighted by molar-refractivity contribution is 0.710. The molecule has 0 amide bonds. The first-order chi connectivity index (χ1) is 7.17. The number of nitrogens with two attached hydrogens (primary N) is 1. The van der Waals surface area contributed by atoms with Crippen molar-refractivity contribution in [2.24, 2.45) is 11.8 Å². The van der Waals surface area contributed by atoms with E-state index in [1.54, 1.807) is 6.07 Å². The molecule has 1 aromatic heterocycles. The third-order valence-electron chi connectivity index (χ3n) is 2.04. The monoisotopic (exact) mass is 205 g/mol. The Labute approximate surface area is 89.5 Å². The number of nitrogens with one attached hydrogen (secondary N) is 1. The van der Waals surface area contributed by atoms with E-state index < -0.39 is 0 Å². The maximum absolute atomic E-state index is 8.70. The van der Waals surface area contributed by atoms with Crippen molar-refractivity contribution in [2.45, 2.75) is 6.92 Å². The minimum atomic E-state index is -0.0220. The molecule has 5 nitrogen and oxygen atoms in total. The molecule has 0 aromatic carbocycles. The SMILES string of the molecule is CC(C#N)CN(C)c1cccc(NN)n1. The van der Waals surface area contributed by atoms with Gasteiger partial charge in [-0.1, -0.05) is 6.07 Å². The van der Waals surface area contributed by atoms with Gasteiger partial charge < -0.3 is 10.3 Å². The Hall–Kier alpha value is -1.80. The number of hydrogen-bond acceptors (Lipinski definition) is 5. The molecule has 3 N–H and O–H groups in total. The largest absolute Gasteiger partial charge is 0.358 e. The van der Waals surface area contributed by atoms with Gasteiger partial charge in [0.2, 0.25) is 0 Å². The normalized spacial score (nSPS) is 11.6. The highest BCUT2D eigenvalue weighted by molar-refractivity contribution is 5.45. The van der Waals surface area contributed by atoms with E-state index in [1.165, 1.54) is 0 Å². The second-order valence-electron chi connectivity index (χ2n) is 3.44. The van der Waals surface area contributed by atoms with Crippen LogP contribution in [0.2, 0.25) is 0 Å². The lowest BCUT2D eigenvalue weighted by atomic mass is 10.2. The number of nitriles is 1. The summed E-state index contributed by atoms with van der Waals surface area (Å²) in [6, 6.07) is 7.71. The molecule has 0 bridgehead atoms. The molecule has 0 aliphatic carbocycles. The molecule has 1 heterocycles. The zero-order valence-corrected chi connectivity index (χ0v) is 8.94. The van der Waals surface area contributed by atoms with Gasteiger partial charge in [-0.05, 0) is 19.1 Å². The number of anilines is 2. The van der Waals surface area contributed by atoms with Gasteiger partial charge in [-0.25, -0.2) is 10.8 Å². The first kappa shape index (κ1) is 11.3. The average molecular weight is 205 g/mol. The number of hydrogen-bond donors (Lipinski definition) is 2. The van der Waals surface area contributed by atoms with E-state index in [0.717, 1.165) is 5.82 Å². The Bertz CT molecular complexity index is 357. The highest BCUT2D eigenvalue weighted by atomic mass is 15.3. The minimum absolute atomic E-state index is 0.0220.